The summed E-state index contributed by atoms with van der Waals surface area (Å²) in [4.78, 5) is 30.8. The maximum absolute atomic E-state index is 12.9. The number of carbonyl (C=O) groups is 2. The fraction of sp³-hybridized carbons (Fsp3) is 0.444. The average Bonchev–Trinajstić information content (AvgIpc) is 3.17. The Morgan fingerprint density at radius 2 is 1.82 bits per heavy atom. The van der Waals surface area contributed by atoms with Gasteiger partial charge in [0, 0.05) is 43.2 Å². The second-order valence-electron chi connectivity index (χ2n) is 8.74. The van der Waals surface area contributed by atoms with Gasteiger partial charge in [-0.3, -0.25) is 9.59 Å². The molecule has 1 aliphatic heterocycles. The molecule has 0 atom stereocenters. The summed E-state index contributed by atoms with van der Waals surface area (Å²) < 4.78 is 7.02. The first-order chi connectivity index (χ1) is 16.2. The van der Waals surface area contributed by atoms with Crippen LogP contribution in [-0.2, 0) is 40.3 Å². The molecule has 0 radical (unpaired) electrons. The van der Waals surface area contributed by atoms with E-state index in [4.69, 9.17) is 4.98 Å². The Morgan fingerprint density at radius 3 is 2.64 bits per heavy atom. The van der Waals surface area contributed by atoms with E-state index < -0.39 is 0 Å². The largest absolute Gasteiger partial charge is 0.469 e. The van der Waals surface area contributed by atoms with Crippen molar-refractivity contribution in [1.29, 1.82) is 0 Å². The highest BCUT2D eigenvalue weighted by atomic mass is 16.5. The van der Waals surface area contributed by atoms with Crippen LogP contribution in [0, 0.1) is 0 Å². The lowest BCUT2D eigenvalue weighted by Gasteiger charge is -2.28. The maximum Gasteiger partial charge on any atom is 0.305 e. The molecule has 1 amide bonds. The van der Waals surface area contributed by atoms with E-state index in [0.29, 0.717) is 32.2 Å². The monoisotopic (exact) mass is 447 g/mol. The minimum atomic E-state index is -0.214. The van der Waals surface area contributed by atoms with Crippen LogP contribution in [0.1, 0.15) is 55.3 Å². The summed E-state index contributed by atoms with van der Waals surface area (Å²) in [6.07, 6.45) is 8.23. The van der Waals surface area contributed by atoms with Crippen molar-refractivity contribution >= 4 is 22.9 Å². The SMILES string of the molecule is COC(=O)CCCCC(=O)N1CCc2c(n(CCCCc3ccccc3)c3ncccc23)C1. The molecule has 6 nitrogen and oxygen atoms in total. The zero-order chi connectivity index (χ0) is 23.0. The zero-order valence-corrected chi connectivity index (χ0v) is 19.5. The predicted molar refractivity (Wildman–Crippen MR) is 129 cm³/mol. The third kappa shape index (κ3) is 5.62. The van der Waals surface area contributed by atoms with Crippen molar-refractivity contribution < 1.29 is 14.3 Å². The van der Waals surface area contributed by atoms with Crippen LogP contribution in [0.4, 0.5) is 0 Å². The van der Waals surface area contributed by atoms with Gasteiger partial charge in [-0.1, -0.05) is 30.3 Å². The summed E-state index contributed by atoms with van der Waals surface area (Å²) in [5.41, 5.74) is 4.99. The second-order valence-corrected chi connectivity index (χ2v) is 8.74. The van der Waals surface area contributed by atoms with E-state index in [1.54, 1.807) is 0 Å². The molecule has 4 rings (SSSR count). The molecular weight excluding hydrogens is 414 g/mol. The zero-order valence-electron chi connectivity index (χ0n) is 19.5. The summed E-state index contributed by atoms with van der Waals surface area (Å²) >= 11 is 0. The number of aryl methyl sites for hydroxylation is 2. The predicted octanol–water partition coefficient (Wildman–Crippen LogP) is 4.68. The van der Waals surface area contributed by atoms with Crippen LogP contribution in [0.15, 0.2) is 48.7 Å². The molecule has 174 valence electrons. The van der Waals surface area contributed by atoms with Crippen LogP contribution < -0.4 is 0 Å². The van der Waals surface area contributed by atoms with E-state index in [2.05, 4.69) is 45.7 Å². The standard InChI is InChI=1S/C27H33N3O3/c1-33-26(32)15-6-5-14-25(31)29-19-16-22-23-13-9-17-28-27(23)30(24(22)20-29)18-8-7-12-21-10-3-2-4-11-21/h2-4,9-11,13,17H,5-8,12,14-16,18-20H2,1H3. The molecule has 33 heavy (non-hydrogen) atoms. The Labute approximate surface area is 195 Å². The number of pyridine rings is 1. The Kier molecular flexibility index (Phi) is 7.76. The summed E-state index contributed by atoms with van der Waals surface area (Å²) in [7, 11) is 1.40. The van der Waals surface area contributed by atoms with E-state index in [-0.39, 0.29) is 11.9 Å². The van der Waals surface area contributed by atoms with Crippen molar-refractivity contribution in [3.05, 3.63) is 65.5 Å². The van der Waals surface area contributed by atoms with E-state index in [0.717, 1.165) is 44.4 Å². The van der Waals surface area contributed by atoms with Crippen LogP contribution in [0.2, 0.25) is 0 Å². The molecule has 1 aromatic carbocycles. The molecule has 0 N–H and O–H groups in total. The van der Waals surface area contributed by atoms with Crippen LogP contribution in [-0.4, -0.2) is 40.0 Å². The molecule has 6 heteroatoms. The number of carbonyl (C=O) groups excluding carboxylic acids is 2. The van der Waals surface area contributed by atoms with Crippen molar-refractivity contribution in [2.75, 3.05) is 13.7 Å². The van der Waals surface area contributed by atoms with Crippen LogP contribution >= 0.6 is 0 Å². The van der Waals surface area contributed by atoms with E-state index in [9.17, 15) is 9.59 Å². The normalized spacial score (nSPS) is 13.2. The quantitative estimate of drug-likeness (QED) is 0.334. The van der Waals surface area contributed by atoms with Gasteiger partial charge in [0.2, 0.25) is 5.91 Å². The minimum Gasteiger partial charge on any atom is -0.469 e. The van der Waals surface area contributed by atoms with Crippen molar-refractivity contribution in [2.45, 2.75) is 64.5 Å². The molecular formula is C27H33N3O3. The highest BCUT2D eigenvalue weighted by molar-refractivity contribution is 5.83. The summed E-state index contributed by atoms with van der Waals surface area (Å²) in [5, 5.41) is 1.22. The van der Waals surface area contributed by atoms with Gasteiger partial charge in [-0.15, -0.1) is 0 Å². The van der Waals surface area contributed by atoms with E-state index in [1.807, 2.05) is 17.2 Å². The fourth-order valence-corrected chi connectivity index (χ4v) is 4.76. The van der Waals surface area contributed by atoms with Gasteiger partial charge in [0.05, 0.1) is 13.7 Å². The number of rotatable bonds is 10. The Morgan fingerprint density at radius 1 is 1.00 bits per heavy atom. The van der Waals surface area contributed by atoms with Crippen molar-refractivity contribution in [1.82, 2.24) is 14.5 Å². The first-order valence-corrected chi connectivity index (χ1v) is 12.0. The molecule has 0 unspecified atom stereocenters. The van der Waals surface area contributed by atoms with Gasteiger partial charge in [-0.25, -0.2) is 4.98 Å². The Hall–Kier alpha value is -3.15. The smallest absolute Gasteiger partial charge is 0.305 e. The second kappa shape index (κ2) is 11.1. The van der Waals surface area contributed by atoms with Gasteiger partial charge in [0.1, 0.15) is 5.65 Å². The number of amides is 1. The molecule has 0 aliphatic carbocycles. The number of esters is 1. The van der Waals surface area contributed by atoms with Crippen LogP contribution in [0.3, 0.4) is 0 Å². The minimum absolute atomic E-state index is 0.166. The number of hydrogen-bond acceptors (Lipinski definition) is 4. The number of nitrogens with zero attached hydrogens (tertiary/aromatic N) is 3. The summed E-state index contributed by atoms with van der Waals surface area (Å²) in [6, 6.07) is 14.8. The Bertz CT molecular complexity index is 1090. The number of unbranched alkanes of at least 4 members (excludes halogenated alkanes) is 2. The first-order valence-electron chi connectivity index (χ1n) is 12.0. The highest BCUT2D eigenvalue weighted by Crippen LogP contribution is 2.30. The molecule has 3 aromatic rings. The van der Waals surface area contributed by atoms with Gasteiger partial charge in [-0.2, -0.15) is 0 Å². The summed E-state index contributed by atoms with van der Waals surface area (Å²) in [5.74, 6) is -0.0475. The van der Waals surface area contributed by atoms with Gasteiger partial charge in [0.25, 0.3) is 0 Å². The number of ether oxygens (including phenoxy) is 1. The lowest BCUT2D eigenvalue weighted by atomic mass is 10.0. The molecule has 0 spiro atoms. The van der Waals surface area contributed by atoms with Gasteiger partial charge >= 0.3 is 5.97 Å². The first kappa shape index (κ1) is 23.0. The topological polar surface area (TPSA) is 64.4 Å². The Balaban J connectivity index is 1.40. The number of hydrogen-bond donors (Lipinski definition) is 0. The van der Waals surface area contributed by atoms with Crippen molar-refractivity contribution in [3.8, 4) is 0 Å². The number of aromatic nitrogens is 2. The van der Waals surface area contributed by atoms with Crippen LogP contribution in [0.25, 0.3) is 11.0 Å². The van der Waals surface area contributed by atoms with Gasteiger partial charge < -0.3 is 14.2 Å². The molecule has 0 bridgehead atoms. The molecule has 0 saturated carbocycles. The highest BCUT2D eigenvalue weighted by Gasteiger charge is 2.26. The van der Waals surface area contributed by atoms with E-state index >= 15 is 0 Å². The molecule has 0 saturated heterocycles. The molecule has 0 fully saturated rings. The lowest BCUT2D eigenvalue weighted by Crippen LogP contribution is -2.36. The maximum atomic E-state index is 12.9. The van der Waals surface area contributed by atoms with Gasteiger partial charge in [-0.05, 0) is 61.8 Å². The average molecular weight is 448 g/mol. The lowest BCUT2D eigenvalue weighted by molar-refractivity contribution is -0.141. The van der Waals surface area contributed by atoms with Gasteiger partial charge in [0.15, 0.2) is 0 Å². The molecule has 2 aromatic heterocycles. The van der Waals surface area contributed by atoms with Crippen molar-refractivity contribution in [2.24, 2.45) is 0 Å². The number of fused-ring (bicyclic) bond motifs is 3. The number of methoxy groups -OCH3 is 1. The van der Waals surface area contributed by atoms with Crippen LogP contribution in [0.5, 0.6) is 0 Å². The molecule has 3 heterocycles. The fourth-order valence-electron chi connectivity index (χ4n) is 4.76. The van der Waals surface area contributed by atoms with E-state index in [1.165, 1.54) is 29.3 Å². The third-order valence-electron chi connectivity index (χ3n) is 6.56. The van der Waals surface area contributed by atoms with Crippen molar-refractivity contribution in [3.63, 3.8) is 0 Å². The summed E-state index contributed by atoms with van der Waals surface area (Å²) in [6.45, 7) is 2.29. The number of benzene rings is 1. The molecule has 1 aliphatic rings. The third-order valence-corrected chi connectivity index (χ3v) is 6.56.